The minimum Gasteiger partial charge on any atom is -0.339 e. The smallest absolute Gasteiger partial charge is 0.253 e. The number of hydrogen-bond donors (Lipinski definition) is 1. The fraction of sp³-hybridized carbons (Fsp3) is 0.438. The molecule has 3 rings (SSSR count). The second kappa shape index (κ2) is 5.94. The first kappa shape index (κ1) is 13.6. The van der Waals surface area contributed by atoms with Gasteiger partial charge in [-0.15, -0.1) is 11.3 Å². The molecule has 0 unspecified atom stereocenters. The number of thiophene rings is 1. The van der Waals surface area contributed by atoms with E-state index in [1.165, 1.54) is 10.1 Å². The standard InChI is InChI=1S/C16H20N2OS/c1-17-11-12-4-7-18(8-5-12)16(19)14-2-3-15-13(10-14)6-9-20-15/h2-3,6,9-10,12,17H,4-5,7-8,11H2,1H3. The number of likely N-dealkylation sites (tertiary alicyclic amines) is 1. The van der Waals surface area contributed by atoms with E-state index in [4.69, 9.17) is 0 Å². The van der Waals surface area contributed by atoms with Crippen LogP contribution in [0.25, 0.3) is 10.1 Å². The minimum absolute atomic E-state index is 0.181. The predicted octanol–water partition coefficient (Wildman–Crippen LogP) is 2.97. The van der Waals surface area contributed by atoms with Crippen LogP contribution in [0.15, 0.2) is 29.6 Å². The summed E-state index contributed by atoms with van der Waals surface area (Å²) in [6, 6.07) is 8.12. The highest BCUT2D eigenvalue weighted by Crippen LogP contribution is 2.24. The highest BCUT2D eigenvalue weighted by Gasteiger charge is 2.23. The lowest BCUT2D eigenvalue weighted by Gasteiger charge is -2.32. The second-order valence-corrected chi connectivity index (χ2v) is 6.41. The number of nitrogens with zero attached hydrogens (tertiary/aromatic N) is 1. The molecule has 106 valence electrons. The van der Waals surface area contributed by atoms with Crippen LogP contribution in [-0.4, -0.2) is 37.5 Å². The molecule has 3 nitrogen and oxygen atoms in total. The van der Waals surface area contributed by atoms with Gasteiger partial charge >= 0.3 is 0 Å². The molecule has 0 atom stereocenters. The van der Waals surface area contributed by atoms with E-state index in [0.29, 0.717) is 5.92 Å². The van der Waals surface area contributed by atoms with Crippen LogP contribution in [0.3, 0.4) is 0 Å². The summed E-state index contributed by atoms with van der Waals surface area (Å²) in [4.78, 5) is 14.5. The van der Waals surface area contributed by atoms with Crippen molar-refractivity contribution in [1.29, 1.82) is 0 Å². The topological polar surface area (TPSA) is 32.3 Å². The number of carbonyl (C=O) groups is 1. The van der Waals surface area contributed by atoms with E-state index in [2.05, 4.69) is 22.8 Å². The van der Waals surface area contributed by atoms with Crippen molar-refractivity contribution in [1.82, 2.24) is 10.2 Å². The SMILES string of the molecule is CNCC1CCN(C(=O)c2ccc3sccc3c2)CC1. The van der Waals surface area contributed by atoms with Gasteiger partial charge in [0.15, 0.2) is 0 Å². The monoisotopic (exact) mass is 288 g/mol. The molecule has 0 saturated carbocycles. The molecule has 0 spiro atoms. The van der Waals surface area contributed by atoms with Gasteiger partial charge in [-0.3, -0.25) is 4.79 Å². The van der Waals surface area contributed by atoms with Crippen molar-refractivity contribution in [3.8, 4) is 0 Å². The molecule has 4 heteroatoms. The summed E-state index contributed by atoms with van der Waals surface area (Å²) in [5.74, 6) is 0.893. The van der Waals surface area contributed by atoms with Crippen molar-refractivity contribution in [2.75, 3.05) is 26.7 Å². The van der Waals surface area contributed by atoms with Gasteiger partial charge in [-0.2, -0.15) is 0 Å². The Bertz CT molecular complexity index is 599. The Kier molecular flexibility index (Phi) is 4.03. The zero-order valence-electron chi connectivity index (χ0n) is 11.8. The van der Waals surface area contributed by atoms with E-state index >= 15 is 0 Å². The lowest BCUT2D eigenvalue weighted by atomic mass is 9.96. The number of benzene rings is 1. The molecular weight excluding hydrogens is 268 g/mol. The minimum atomic E-state index is 0.181. The lowest BCUT2D eigenvalue weighted by Crippen LogP contribution is -2.40. The molecular formula is C16H20N2OS. The predicted molar refractivity (Wildman–Crippen MR) is 84.4 cm³/mol. The van der Waals surface area contributed by atoms with Crippen molar-refractivity contribution < 1.29 is 4.79 Å². The Morgan fingerprint density at radius 1 is 1.35 bits per heavy atom. The Hall–Kier alpha value is -1.39. The van der Waals surface area contributed by atoms with Crippen LogP contribution < -0.4 is 5.32 Å². The third kappa shape index (κ3) is 2.72. The molecule has 0 bridgehead atoms. The fourth-order valence-corrected chi connectivity index (χ4v) is 3.68. The van der Waals surface area contributed by atoms with Crippen LogP contribution >= 0.6 is 11.3 Å². The lowest BCUT2D eigenvalue weighted by molar-refractivity contribution is 0.0691. The van der Waals surface area contributed by atoms with Gasteiger partial charge in [0.1, 0.15) is 0 Å². The summed E-state index contributed by atoms with van der Waals surface area (Å²) in [7, 11) is 1.99. The maximum atomic E-state index is 12.5. The van der Waals surface area contributed by atoms with E-state index in [1.54, 1.807) is 11.3 Å². The van der Waals surface area contributed by atoms with Gasteiger partial charge in [0.05, 0.1) is 0 Å². The molecule has 1 saturated heterocycles. The molecule has 0 radical (unpaired) electrons. The zero-order chi connectivity index (χ0) is 13.9. The Balaban J connectivity index is 1.69. The number of nitrogens with one attached hydrogen (secondary N) is 1. The van der Waals surface area contributed by atoms with Crippen LogP contribution in [0.4, 0.5) is 0 Å². The normalized spacial score (nSPS) is 16.8. The van der Waals surface area contributed by atoms with Gasteiger partial charge in [0.25, 0.3) is 5.91 Å². The van der Waals surface area contributed by atoms with Crippen LogP contribution in [0.1, 0.15) is 23.2 Å². The molecule has 1 fully saturated rings. The zero-order valence-corrected chi connectivity index (χ0v) is 12.6. The largest absolute Gasteiger partial charge is 0.339 e. The van der Waals surface area contributed by atoms with E-state index in [0.717, 1.165) is 38.0 Å². The molecule has 0 aliphatic carbocycles. The Labute approximate surface area is 123 Å². The summed E-state index contributed by atoms with van der Waals surface area (Å²) < 4.78 is 1.24. The maximum Gasteiger partial charge on any atom is 0.253 e. The van der Waals surface area contributed by atoms with Crippen molar-refractivity contribution in [2.24, 2.45) is 5.92 Å². The molecule has 20 heavy (non-hydrogen) atoms. The van der Waals surface area contributed by atoms with Crippen molar-refractivity contribution in [3.63, 3.8) is 0 Å². The first-order valence-corrected chi connectivity index (χ1v) is 8.07. The number of fused-ring (bicyclic) bond motifs is 1. The van der Waals surface area contributed by atoms with E-state index < -0.39 is 0 Å². The molecule has 1 aromatic carbocycles. The van der Waals surface area contributed by atoms with Gasteiger partial charge in [0.2, 0.25) is 0 Å². The summed E-state index contributed by atoms with van der Waals surface area (Å²) in [5.41, 5.74) is 0.822. The van der Waals surface area contributed by atoms with E-state index in [1.807, 2.05) is 24.1 Å². The molecule has 1 aliphatic heterocycles. The molecule has 1 N–H and O–H groups in total. The van der Waals surface area contributed by atoms with Gasteiger partial charge in [0, 0.05) is 23.4 Å². The van der Waals surface area contributed by atoms with Gasteiger partial charge in [-0.05, 0) is 67.4 Å². The number of hydrogen-bond acceptors (Lipinski definition) is 3. The Morgan fingerprint density at radius 2 is 2.15 bits per heavy atom. The summed E-state index contributed by atoms with van der Waals surface area (Å²) in [6.07, 6.45) is 2.21. The van der Waals surface area contributed by atoms with Gasteiger partial charge in [-0.1, -0.05) is 0 Å². The van der Waals surface area contributed by atoms with Crippen LogP contribution in [0, 0.1) is 5.92 Å². The van der Waals surface area contributed by atoms with Crippen LogP contribution in [0.5, 0.6) is 0 Å². The van der Waals surface area contributed by atoms with Crippen molar-refractivity contribution in [3.05, 3.63) is 35.2 Å². The maximum absolute atomic E-state index is 12.5. The molecule has 2 heterocycles. The Morgan fingerprint density at radius 3 is 2.90 bits per heavy atom. The molecule has 2 aromatic rings. The third-order valence-electron chi connectivity index (χ3n) is 4.09. The average Bonchev–Trinajstić information content (AvgIpc) is 2.95. The molecule has 1 aliphatic rings. The van der Waals surface area contributed by atoms with E-state index in [-0.39, 0.29) is 5.91 Å². The highest BCUT2D eigenvalue weighted by atomic mass is 32.1. The first-order valence-electron chi connectivity index (χ1n) is 7.19. The van der Waals surface area contributed by atoms with Crippen molar-refractivity contribution >= 4 is 27.3 Å². The number of rotatable bonds is 3. The second-order valence-electron chi connectivity index (χ2n) is 5.47. The molecule has 1 aromatic heterocycles. The van der Waals surface area contributed by atoms with Gasteiger partial charge in [-0.25, -0.2) is 0 Å². The molecule has 1 amide bonds. The van der Waals surface area contributed by atoms with Crippen LogP contribution in [-0.2, 0) is 0 Å². The average molecular weight is 288 g/mol. The fourth-order valence-electron chi connectivity index (χ4n) is 2.91. The van der Waals surface area contributed by atoms with E-state index in [9.17, 15) is 4.79 Å². The number of piperidine rings is 1. The number of carbonyl (C=O) groups excluding carboxylic acids is 1. The quantitative estimate of drug-likeness (QED) is 0.941. The van der Waals surface area contributed by atoms with Gasteiger partial charge < -0.3 is 10.2 Å². The number of amides is 1. The summed E-state index contributed by atoms with van der Waals surface area (Å²) in [5, 5.41) is 6.47. The highest BCUT2D eigenvalue weighted by molar-refractivity contribution is 7.17. The summed E-state index contributed by atoms with van der Waals surface area (Å²) >= 11 is 1.72. The van der Waals surface area contributed by atoms with Crippen LogP contribution in [0.2, 0.25) is 0 Å². The third-order valence-corrected chi connectivity index (χ3v) is 4.99. The van der Waals surface area contributed by atoms with Crippen molar-refractivity contribution in [2.45, 2.75) is 12.8 Å². The first-order chi connectivity index (χ1) is 9.78. The summed E-state index contributed by atoms with van der Waals surface area (Å²) in [6.45, 7) is 2.82.